The molecular formula is C12H17ClN2. The van der Waals surface area contributed by atoms with Gasteiger partial charge in [0.2, 0.25) is 0 Å². The van der Waals surface area contributed by atoms with E-state index >= 15 is 0 Å². The molecule has 82 valence electrons. The minimum absolute atomic E-state index is 0.663. The summed E-state index contributed by atoms with van der Waals surface area (Å²) in [6, 6.07) is 6.07. The van der Waals surface area contributed by atoms with Crippen LogP contribution in [0.4, 0.5) is 11.4 Å². The number of nitrogens with one attached hydrogen (secondary N) is 1. The number of benzene rings is 1. The highest BCUT2D eigenvalue weighted by Crippen LogP contribution is 2.31. The quantitative estimate of drug-likeness (QED) is 0.788. The molecule has 0 spiro atoms. The summed E-state index contributed by atoms with van der Waals surface area (Å²) in [4.78, 5) is 2.40. The summed E-state index contributed by atoms with van der Waals surface area (Å²) >= 11 is 6.00. The Morgan fingerprint density at radius 1 is 1.53 bits per heavy atom. The molecule has 1 heterocycles. The van der Waals surface area contributed by atoms with E-state index in [0.29, 0.717) is 5.92 Å². The monoisotopic (exact) mass is 224 g/mol. The largest absolute Gasteiger partial charge is 0.383 e. The van der Waals surface area contributed by atoms with Crippen molar-refractivity contribution < 1.29 is 0 Å². The number of halogens is 1. The second-order valence-corrected chi connectivity index (χ2v) is 4.62. The molecule has 0 amide bonds. The molecule has 1 aromatic carbocycles. The van der Waals surface area contributed by atoms with Crippen molar-refractivity contribution in [3.05, 3.63) is 23.2 Å². The van der Waals surface area contributed by atoms with Crippen molar-refractivity contribution in [2.24, 2.45) is 5.92 Å². The molecule has 1 aromatic rings. The lowest BCUT2D eigenvalue weighted by Gasteiger charge is -2.24. The van der Waals surface area contributed by atoms with E-state index in [-0.39, 0.29) is 0 Å². The molecule has 15 heavy (non-hydrogen) atoms. The highest BCUT2D eigenvalue weighted by molar-refractivity contribution is 6.31. The average Bonchev–Trinajstić information content (AvgIpc) is 2.38. The van der Waals surface area contributed by atoms with E-state index in [1.54, 1.807) is 0 Å². The van der Waals surface area contributed by atoms with E-state index in [0.717, 1.165) is 30.3 Å². The second kappa shape index (κ2) is 4.31. The van der Waals surface area contributed by atoms with Crippen LogP contribution >= 0.6 is 11.6 Å². The Kier molecular flexibility index (Phi) is 3.06. The van der Waals surface area contributed by atoms with E-state index in [1.807, 2.05) is 12.1 Å². The molecular weight excluding hydrogens is 208 g/mol. The van der Waals surface area contributed by atoms with Crippen molar-refractivity contribution in [3.8, 4) is 0 Å². The first kappa shape index (κ1) is 10.6. The van der Waals surface area contributed by atoms with Crippen LogP contribution in [0, 0.1) is 5.92 Å². The van der Waals surface area contributed by atoms with Gasteiger partial charge < -0.3 is 10.2 Å². The Labute approximate surface area is 96.2 Å². The highest BCUT2D eigenvalue weighted by atomic mass is 35.5. The van der Waals surface area contributed by atoms with E-state index in [4.69, 9.17) is 11.6 Å². The van der Waals surface area contributed by atoms with Crippen LogP contribution in [0.1, 0.15) is 13.8 Å². The topological polar surface area (TPSA) is 15.3 Å². The Bertz CT molecular complexity index is 351. The van der Waals surface area contributed by atoms with Crippen molar-refractivity contribution in [3.63, 3.8) is 0 Å². The lowest BCUT2D eigenvalue weighted by Crippen LogP contribution is -2.27. The smallest absolute Gasteiger partial charge is 0.0603 e. The third-order valence-electron chi connectivity index (χ3n) is 2.85. The predicted molar refractivity (Wildman–Crippen MR) is 67.0 cm³/mol. The van der Waals surface area contributed by atoms with Gasteiger partial charge in [-0.3, -0.25) is 0 Å². The third kappa shape index (κ3) is 2.20. The zero-order valence-electron chi connectivity index (χ0n) is 9.26. The molecule has 0 radical (unpaired) electrons. The van der Waals surface area contributed by atoms with Gasteiger partial charge >= 0.3 is 0 Å². The Morgan fingerprint density at radius 3 is 3.07 bits per heavy atom. The van der Waals surface area contributed by atoms with Crippen LogP contribution in [-0.4, -0.2) is 19.6 Å². The molecule has 0 saturated heterocycles. The summed E-state index contributed by atoms with van der Waals surface area (Å²) < 4.78 is 0. The first-order valence-electron chi connectivity index (χ1n) is 5.49. The van der Waals surface area contributed by atoms with Crippen LogP contribution in [0.3, 0.4) is 0 Å². The normalized spacial score (nSPS) is 20.5. The van der Waals surface area contributed by atoms with Crippen molar-refractivity contribution in [1.29, 1.82) is 0 Å². The molecule has 1 atom stereocenters. The van der Waals surface area contributed by atoms with Gasteiger partial charge in [-0.2, -0.15) is 0 Å². The highest BCUT2D eigenvalue weighted by Gasteiger charge is 2.17. The summed E-state index contributed by atoms with van der Waals surface area (Å²) in [6.07, 6.45) is 0. The third-order valence-corrected chi connectivity index (χ3v) is 3.09. The van der Waals surface area contributed by atoms with Gasteiger partial charge in [0.15, 0.2) is 0 Å². The van der Waals surface area contributed by atoms with Crippen LogP contribution in [0.15, 0.2) is 18.2 Å². The van der Waals surface area contributed by atoms with E-state index < -0.39 is 0 Å². The van der Waals surface area contributed by atoms with Gasteiger partial charge in [-0.05, 0) is 31.0 Å². The summed E-state index contributed by atoms with van der Waals surface area (Å²) in [5.41, 5.74) is 2.43. The first-order chi connectivity index (χ1) is 7.20. The van der Waals surface area contributed by atoms with Crippen molar-refractivity contribution in [1.82, 2.24) is 0 Å². The number of hydrogen-bond donors (Lipinski definition) is 1. The number of fused-ring (bicyclic) bond motifs is 1. The Hall–Kier alpha value is -0.890. The Morgan fingerprint density at radius 2 is 2.33 bits per heavy atom. The van der Waals surface area contributed by atoms with Gasteiger partial charge in [0.25, 0.3) is 0 Å². The molecule has 1 N–H and O–H groups in total. The zero-order valence-corrected chi connectivity index (χ0v) is 10.0. The molecule has 0 saturated carbocycles. The first-order valence-corrected chi connectivity index (χ1v) is 5.87. The predicted octanol–water partition coefficient (Wildman–Crippen LogP) is 3.23. The van der Waals surface area contributed by atoms with Crippen molar-refractivity contribution in [2.45, 2.75) is 13.8 Å². The van der Waals surface area contributed by atoms with Gasteiger partial charge in [0.05, 0.1) is 11.4 Å². The lowest BCUT2D eigenvalue weighted by molar-refractivity contribution is 0.602. The van der Waals surface area contributed by atoms with Crippen LogP contribution in [0.5, 0.6) is 0 Å². The van der Waals surface area contributed by atoms with Gasteiger partial charge in [-0.1, -0.05) is 18.5 Å². The summed E-state index contributed by atoms with van der Waals surface area (Å²) in [6.45, 7) is 7.63. The zero-order chi connectivity index (χ0) is 10.8. The van der Waals surface area contributed by atoms with E-state index in [9.17, 15) is 0 Å². The van der Waals surface area contributed by atoms with E-state index in [2.05, 4.69) is 30.1 Å². The summed E-state index contributed by atoms with van der Waals surface area (Å²) in [5, 5.41) is 4.25. The molecule has 1 aliphatic rings. The maximum atomic E-state index is 6.00. The van der Waals surface area contributed by atoms with Crippen molar-refractivity contribution in [2.75, 3.05) is 29.9 Å². The molecule has 0 bridgehead atoms. The Balaban J connectivity index is 2.38. The van der Waals surface area contributed by atoms with Gasteiger partial charge in [0.1, 0.15) is 0 Å². The number of hydrogen-bond acceptors (Lipinski definition) is 2. The standard InChI is InChI=1S/C12H17ClN2/c1-3-15-8-9(2)7-14-11-6-10(13)4-5-12(11)15/h4-6,9,14H,3,7-8H2,1-2H3. The van der Waals surface area contributed by atoms with Gasteiger partial charge in [0, 0.05) is 24.7 Å². The fraction of sp³-hybridized carbons (Fsp3) is 0.500. The number of rotatable bonds is 1. The molecule has 1 unspecified atom stereocenters. The van der Waals surface area contributed by atoms with Crippen LogP contribution in [0.2, 0.25) is 5.02 Å². The van der Waals surface area contributed by atoms with Crippen molar-refractivity contribution >= 4 is 23.0 Å². The van der Waals surface area contributed by atoms with Crippen LogP contribution < -0.4 is 10.2 Å². The average molecular weight is 225 g/mol. The molecule has 0 fully saturated rings. The minimum Gasteiger partial charge on any atom is -0.383 e. The summed E-state index contributed by atoms with van der Waals surface area (Å²) in [5.74, 6) is 0.663. The van der Waals surface area contributed by atoms with Crippen LogP contribution in [-0.2, 0) is 0 Å². The van der Waals surface area contributed by atoms with Gasteiger partial charge in [-0.25, -0.2) is 0 Å². The van der Waals surface area contributed by atoms with E-state index in [1.165, 1.54) is 5.69 Å². The SMILES string of the molecule is CCN1CC(C)CNc2cc(Cl)ccc21. The molecule has 0 aromatic heterocycles. The van der Waals surface area contributed by atoms with Crippen LogP contribution in [0.25, 0.3) is 0 Å². The summed E-state index contributed by atoms with van der Waals surface area (Å²) in [7, 11) is 0. The maximum absolute atomic E-state index is 6.00. The number of nitrogens with zero attached hydrogens (tertiary/aromatic N) is 1. The molecule has 3 heteroatoms. The molecule has 1 aliphatic heterocycles. The van der Waals surface area contributed by atoms with Gasteiger partial charge in [-0.15, -0.1) is 0 Å². The fourth-order valence-electron chi connectivity index (χ4n) is 2.05. The number of anilines is 2. The minimum atomic E-state index is 0.663. The molecule has 2 nitrogen and oxygen atoms in total. The fourth-order valence-corrected chi connectivity index (χ4v) is 2.22. The molecule has 2 rings (SSSR count). The second-order valence-electron chi connectivity index (χ2n) is 4.19. The molecule has 0 aliphatic carbocycles. The maximum Gasteiger partial charge on any atom is 0.0603 e. The lowest BCUT2D eigenvalue weighted by atomic mass is 10.2.